The van der Waals surface area contributed by atoms with Gasteiger partial charge in [-0.05, 0) is 54.3 Å². The summed E-state index contributed by atoms with van der Waals surface area (Å²) in [6, 6.07) is 10.1. The molecule has 2 aromatic carbocycles. The molecule has 0 amide bonds. The van der Waals surface area contributed by atoms with Crippen LogP contribution in [0, 0.1) is 6.92 Å². The minimum absolute atomic E-state index is 0.250. The van der Waals surface area contributed by atoms with Gasteiger partial charge >= 0.3 is 5.97 Å². The Kier molecular flexibility index (Phi) is 4.11. The van der Waals surface area contributed by atoms with Gasteiger partial charge in [-0.3, -0.25) is 0 Å². The normalized spacial score (nSPS) is 22.7. The molecule has 23 heavy (non-hydrogen) atoms. The summed E-state index contributed by atoms with van der Waals surface area (Å²) in [5, 5.41) is 0.885. The van der Waals surface area contributed by atoms with Crippen molar-refractivity contribution >= 4 is 29.2 Å². The third-order valence-electron chi connectivity index (χ3n) is 4.33. The quantitative estimate of drug-likeness (QED) is 0.687. The van der Waals surface area contributed by atoms with Gasteiger partial charge in [-0.15, -0.1) is 0 Å². The van der Waals surface area contributed by atoms with Crippen LogP contribution in [0.15, 0.2) is 36.4 Å². The molecular weight excluding hydrogens is 338 g/mol. The zero-order chi connectivity index (χ0) is 16.8. The third kappa shape index (κ3) is 2.84. The van der Waals surface area contributed by atoms with E-state index < -0.39 is 11.6 Å². The summed E-state index contributed by atoms with van der Waals surface area (Å²) in [6.45, 7) is 1.80. The minimum atomic E-state index is -1.43. The molecule has 5 heteroatoms. The first-order valence-electron chi connectivity index (χ1n) is 7.20. The lowest BCUT2D eigenvalue weighted by atomic mass is 9.96. The van der Waals surface area contributed by atoms with E-state index in [0.717, 1.165) is 11.1 Å². The van der Waals surface area contributed by atoms with Crippen molar-refractivity contribution in [3.63, 3.8) is 0 Å². The molecule has 0 heterocycles. The van der Waals surface area contributed by atoms with Crippen LogP contribution < -0.4 is 0 Å². The minimum Gasteiger partial charge on any atom is -0.465 e. The van der Waals surface area contributed by atoms with E-state index in [1.165, 1.54) is 7.11 Å². The van der Waals surface area contributed by atoms with Gasteiger partial charge in [0.05, 0.1) is 22.7 Å². The molecule has 0 saturated heterocycles. The van der Waals surface area contributed by atoms with Gasteiger partial charge in [-0.2, -0.15) is 0 Å². The molecule has 3 rings (SSSR count). The Labute approximate surface area is 144 Å². The monoisotopic (exact) mass is 352 g/mol. The summed E-state index contributed by atoms with van der Waals surface area (Å²) in [4.78, 5) is 11.6. The molecule has 1 aliphatic carbocycles. The van der Waals surface area contributed by atoms with Crippen LogP contribution in [0.25, 0.3) is 0 Å². The predicted octanol–water partition coefficient (Wildman–Crippen LogP) is 5.44. The van der Waals surface area contributed by atoms with Gasteiger partial charge in [0.1, 0.15) is 5.67 Å². The van der Waals surface area contributed by atoms with Gasteiger partial charge in [-0.1, -0.05) is 35.3 Å². The smallest absolute Gasteiger partial charge is 0.337 e. The first kappa shape index (κ1) is 16.3. The Morgan fingerprint density at radius 2 is 1.96 bits per heavy atom. The van der Waals surface area contributed by atoms with Crippen molar-refractivity contribution in [3.8, 4) is 0 Å². The van der Waals surface area contributed by atoms with Crippen LogP contribution in [-0.4, -0.2) is 13.1 Å². The van der Waals surface area contributed by atoms with Gasteiger partial charge in [0.25, 0.3) is 0 Å². The number of aryl methyl sites for hydroxylation is 1. The standard InChI is InChI=1S/C18H15Cl2FO2/c1-10-7-12(17(22)23-2)3-5-13(10)18(21)9-14(18)11-4-6-15(19)16(20)8-11/h3-8,14H,9H2,1-2H3. The van der Waals surface area contributed by atoms with Crippen LogP contribution in [0.5, 0.6) is 0 Å². The average molecular weight is 353 g/mol. The number of esters is 1. The van der Waals surface area contributed by atoms with Crippen molar-refractivity contribution in [2.75, 3.05) is 7.11 Å². The highest BCUT2D eigenvalue weighted by Crippen LogP contribution is 2.62. The molecule has 2 atom stereocenters. The Balaban J connectivity index is 1.90. The lowest BCUT2D eigenvalue weighted by molar-refractivity contribution is 0.0600. The summed E-state index contributed by atoms with van der Waals surface area (Å²) >= 11 is 11.9. The Morgan fingerprint density at radius 3 is 2.57 bits per heavy atom. The molecule has 2 aromatic rings. The Morgan fingerprint density at radius 1 is 1.22 bits per heavy atom. The number of benzene rings is 2. The highest BCUT2D eigenvalue weighted by atomic mass is 35.5. The number of halogens is 3. The van der Waals surface area contributed by atoms with Gasteiger partial charge < -0.3 is 4.74 Å². The molecule has 120 valence electrons. The van der Waals surface area contributed by atoms with E-state index in [0.29, 0.717) is 27.6 Å². The lowest BCUT2D eigenvalue weighted by Crippen LogP contribution is -2.08. The van der Waals surface area contributed by atoms with Crippen LogP contribution >= 0.6 is 23.2 Å². The summed E-state index contributed by atoms with van der Waals surface area (Å²) in [5.74, 6) is -0.677. The highest BCUT2D eigenvalue weighted by molar-refractivity contribution is 6.42. The zero-order valence-electron chi connectivity index (χ0n) is 12.7. The summed E-state index contributed by atoms with van der Waals surface area (Å²) in [5.41, 5.74) is 1.15. The van der Waals surface area contributed by atoms with Crippen molar-refractivity contribution < 1.29 is 13.9 Å². The fourth-order valence-electron chi connectivity index (χ4n) is 3.02. The molecule has 2 nitrogen and oxygen atoms in total. The molecule has 2 unspecified atom stereocenters. The number of carbonyl (C=O) groups is 1. The molecule has 0 spiro atoms. The average Bonchev–Trinajstić information content (AvgIpc) is 3.21. The van der Waals surface area contributed by atoms with E-state index in [-0.39, 0.29) is 5.92 Å². The summed E-state index contributed by atoms with van der Waals surface area (Å²) < 4.78 is 20.0. The van der Waals surface area contributed by atoms with Crippen molar-refractivity contribution in [1.29, 1.82) is 0 Å². The second-order valence-corrected chi connectivity index (χ2v) is 6.63. The summed E-state index contributed by atoms with van der Waals surface area (Å²) in [6.07, 6.45) is 0.392. The van der Waals surface area contributed by atoms with Crippen molar-refractivity contribution in [2.24, 2.45) is 0 Å². The number of ether oxygens (including phenoxy) is 1. The Hall–Kier alpha value is -1.58. The lowest BCUT2D eigenvalue weighted by Gasteiger charge is -2.13. The van der Waals surface area contributed by atoms with Crippen molar-refractivity contribution in [2.45, 2.75) is 24.9 Å². The zero-order valence-corrected chi connectivity index (χ0v) is 14.2. The SMILES string of the molecule is COC(=O)c1ccc(C2(F)CC2c2ccc(Cl)c(Cl)c2)c(C)c1. The van der Waals surface area contributed by atoms with Crippen LogP contribution in [0.2, 0.25) is 10.0 Å². The van der Waals surface area contributed by atoms with Gasteiger partial charge in [0, 0.05) is 5.92 Å². The number of hydrogen-bond acceptors (Lipinski definition) is 2. The number of alkyl halides is 1. The highest BCUT2D eigenvalue weighted by Gasteiger charge is 2.58. The molecule has 0 bridgehead atoms. The second-order valence-electron chi connectivity index (χ2n) is 5.81. The van der Waals surface area contributed by atoms with E-state index in [1.54, 1.807) is 43.3 Å². The fourth-order valence-corrected chi connectivity index (χ4v) is 3.33. The second kappa shape index (κ2) is 5.81. The third-order valence-corrected chi connectivity index (χ3v) is 5.07. The molecule has 0 N–H and O–H groups in total. The molecule has 0 aliphatic heterocycles. The maximum atomic E-state index is 15.3. The maximum absolute atomic E-state index is 15.3. The molecule has 1 saturated carbocycles. The molecular formula is C18H15Cl2FO2. The van der Waals surface area contributed by atoms with Crippen LogP contribution in [0.3, 0.4) is 0 Å². The van der Waals surface area contributed by atoms with Crippen molar-refractivity contribution in [3.05, 3.63) is 68.7 Å². The van der Waals surface area contributed by atoms with Gasteiger partial charge in [0.15, 0.2) is 0 Å². The molecule has 0 radical (unpaired) electrons. The summed E-state index contributed by atoms with van der Waals surface area (Å²) in [7, 11) is 1.32. The van der Waals surface area contributed by atoms with Crippen LogP contribution in [0.1, 0.15) is 39.4 Å². The first-order chi connectivity index (χ1) is 10.9. The van der Waals surface area contributed by atoms with E-state index in [2.05, 4.69) is 4.74 Å². The van der Waals surface area contributed by atoms with E-state index >= 15 is 4.39 Å². The van der Waals surface area contributed by atoms with Crippen LogP contribution in [-0.2, 0) is 10.4 Å². The first-order valence-corrected chi connectivity index (χ1v) is 7.95. The number of carbonyl (C=O) groups excluding carboxylic acids is 1. The van der Waals surface area contributed by atoms with Crippen molar-refractivity contribution in [1.82, 2.24) is 0 Å². The van der Waals surface area contributed by atoms with E-state index in [1.807, 2.05) is 0 Å². The van der Waals surface area contributed by atoms with E-state index in [4.69, 9.17) is 23.2 Å². The molecule has 1 aliphatic rings. The molecule has 1 fully saturated rings. The Bertz CT molecular complexity index is 791. The van der Waals surface area contributed by atoms with Gasteiger partial charge in [0.2, 0.25) is 0 Å². The number of methoxy groups -OCH3 is 1. The largest absolute Gasteiger partial charge is 0.465 e. The number of hydrogen-bond donors (Lipinski definition) is 0. The van der Waals surface area contributed by atoms with Crippen LogP contribution in [0.4, 0.5) is 4.39 Å². The van der Waals surface area contributed by atoms with Gasteiger partial charge in [-0.25, -0.2) is 9.18 Å². The van der Waals surface area contributed by atoms with E-state index in [9.17, 15) is 4.79 Å². The maximum Gasteiger partial charge on any atom is 0.337 e. The fraction of sp³-hybridized carbons (Fsp3) is 0.278. The predicted molar refractivity (Wildman–Crippen MR) is 89.1 cm³/mol. The number of rotatable bonds is 3. The molecule has 0 aromatic heterocycles. The topological polar surface area (TPSA) is 26.3 Å².